The molecule has 1 saturated carbocycles. The summed E-state index contributed by atoms with van der Waals surface area (Å²) in [6.45, 7) is 9.61. The van der Waals surface area contributed by atoms with Crippen LogP contribution in [0, 0.1) is 17.3 Å². The lowest BCUT2D eigenvalue weighted by Gasteiger charge is -2.53. The number of likely N-dealkylation sites (tertiary alicyclic amines) is 1. The molecule has 2 saturated heterocycles. The number of nitrogens with one attached hydrogen (secondary N) is 1. The van der Waals surface area contributed by atoms with E-state index in [-0.39, 0.29) is 5.92 Å². The van der Waals surface area contributed by atoms with Crippen molar-refractivity contribution in [3.63, 3.8) is 0 Å². The van der Waals surface area contributed by atoms with E-state index in [0.717, 1.165) is 37.8 Å². The third kappa shape index (κ3) is 4.32. The lowest BCUT2D eigenvalue weighted by molar-refractivity contribution is -0.00530. The predicted octanol–water partition coefficient (Wildman–Crippen LogP) is 2.68. The van der Waals surface area contributed by atoms with Gasteiger partial charge in [0, 0.05) is 25.7 Å². The molecule has 144 valence electrons. The Morgan fingerprint density at radius 2 is 2.12 bits per heavy atom. The van der Waals surface area contributed by atoms with Crippen molar-refractivity contribution in [2.24, 2.45) is 22.2 Å². The number of piperidine rings is 1. The summed E-state index contributed by atoms with van der Waals surface area (Å²) in [5, 5.41) is 3.61. The Kier molecular flexibility index (Phi) is 5.66. The molecule has 0 aromatic heterocycles. The van der Waals surface area contributed by atoms with Gasteiger partial charge >= 0.3 is 0 Å². The van der Waals surface area contributed by atoms with Crippen LogP contribution in [0.1, 0.15) is 59.3 Å². The molecular formula is C19H35N3O2S. The van der Waals surface area contributed by atoms with E-state index in [9.17, 15) is 8.42 Å². The summed E-state index contributed by atoms with van der Waals surface area (Å²) in [7, 11) is -2.82. The van der Waals surface area contributed by atoms with Crippen molar-refractivity contribution in [2.75, 3.05) is 31.1 Å². The van der Waals surface area contributed by atoms with Crippen molar-refractivity contribution < 1.29 is 8.42 Å². The summed E-state index contributed by atoms with van der Waals surface area (Å²) in [5.74, 6) is 2.67. The highest BCUT2D eigenvalue weighted by Gasteiger charge is 2.46. The zero-order valence-electron chi connectivity index (χ0n) is 16.1. The summed E-state index contributed by atoms with van der Waals surface area (Å²) < 4.78 is 23.4. The van der Waals surface area contributed by atoms with E-state index in [0.29, 0.717) is 29.5 Å². The van der Waals surface area contributed by atoms with Crippen molar-refractivity contribution in [2.45, 2.75) is 65.3 Å². The molecule has 3 fully saturated rings. The van der Waals surface area contributed by atoms with Crippen molar-refractivity contribution >= 4 is 15.8 Å². The average Bonchev–Trinajstić information content (AvgIpc) is 2.89. The third-order valence-corrected chi connectivity index (χ3v) is 8.68. The van der Waals surface area contributed by atoms with Crippen LogP contribution in [0.15, 0.2) is 4.99 Å². The second-order valence-corrected chi connectivity index (χ2v) is 10.9. The molecule has 1 aliphatic carbocycles. The quantitative estimate of drug-likeness (QED) is 0.611. The molecule has 0 aromatic carbocycles. The zero-order valence-corrected chi connectivity index (χ0v) is 16.9. The van der Waals surface area contributed by atoms with Crippen LogP contribution in [0.2, 0.25) is 0 Å². The summed E-state index contributed by atoms with van der Waals surface area (Å²) in [6, 6.07) is 0.391. The smallest absolute Gasteiger partial charge is 0.194 e. The fourth-order valence-corrected chi connectivity index (χ4v) is 6.37. The number of hydrogen-bond acceptors (Lipinski definition) is 3. The van der Waals surface area contributed by atoms with Gasteiger partial charge in [-0.3, -0.25) is 4.99 Å². The highest BCUT2D eigenvalue weighted by atomic mass is 32.2. The van der Waals surface area contributed by atoms with E-state index in [1.54, 1.807) is 0 Å². The number of rotatable bonds is 4. The molecular weight excluding hydrogens is 334 g/mol. The van der Waals surface area contributed by atoms with E-state index in [1.807, 2.05) is 0 Å². The van der Waals surface area contributed by atoms with Gasteiger partial charge in [-0.25, -0.2) is 8.42 Å². The first-order valence-electron chi connectivity index (χ1n) is 10.1. The molecule has 0 amide bonds. The molecule has 6 heteroatoms. The van der Waals surface area contributed by atoms with Crippen molar-refractivity contribution in [1.29, 1.82) is 0 Å². The molecule has 3 rings (SSSR count). The molecule has 2 heterocycles. The minimum Gasteiger partial charge on any atom is -0.354 e. The van der Waals surface area contributed by atoms with Gasteiger partial charge in [0.2, 0.25) is 0 Å². The summed E-state index contributed by atoms with van der Waals surface area (Å²) >= 11 is 0. The zero-order chi connectivity index (χ0) is 18.1. The van der Waals surface area contributed by atoms with E-state index < -0.39 is 9.84 Å². The van der Waals surface area contributed by atoms with E-state index in [4.69, 9.17) is 4.99 Å². The fraction of sp³-hybridized carbons (Fsp3) is 0.947. The van der Waals surface area contributed by atoms with E-state index in [2.05, 4.69) is 31.0 Å². The second-order valence-electron chi connectivity index (χ2n) is 8.71. The normalized spacial score (nSPS) is 32.4. The first-order valence-corrected chi connectivity index (χ1v) is 11.9. The lowest BCUT2D eigenvalue weighted by atomic mass is 9.59. The standard InChI is InChI=1S/C19H35N3O2S/c1-4-16(3)21-18(20-12-17-7-11-25(23,24)13-17)22-10-6-15(2)19(14-22)8-5-9-19/h15-17H,4-14H2,1-3H3,(H,20,21). The first-order chi connectivity index (χ1) is 11.8. The molecule has 0 aromatic rings. The van der Waals surface area contributed by atoms with Crippen LogP contribution in [-0.4, -0.2) is 56.5 Å². The number of hydrogen-bond donors (Lipinski definition) is 1. The van der Waals surface area contributed by atoms with Crippen LogP contribution in [0.4, 0.5) is 0 Å². The van der Waals surface area contributed by atoms with Gasteiger partial charge in [-0.05, 0) is 56.3 Å². The molecule has 3 atom stereocenters. The molecule has 0 radical (unpaired) electrons. The van der Waals surface area contributed by atoms with Crippen molar-refractivity contribution in [1.82, 2.24) is 10.2 Å². The molecule has 25 heavy (non-hydrogen) atoms. The topological polar surface area (TPSA) is 61.8 Å². The molecule has 0 bridgehead atoms. The Morgan fingerprint density at radius 1 is 1.36 bits per heavy atom. The Morgan fingerprint density at radius 3 is 2.68 bits per heavy atom. The maximum Gasteiger partial charge on any atom is 0.194 e. The maximum atomic E-state index is 11.7. The highest BCUT2D eigenvalue weighted by molar-refractivity contribution is 7.91. The Bertz CT molecular complexity index is 598. The van der Waals surface area contributed by atoms with E-state index >= 15 is 0 Å². The molecule has 1 N–H and O–H groups in total. The van der Waals surface area contributed by atoms with Gasteiger partial charge < -0.3 is 10.2 Å². The van der Waals surface area contributed by atoms with Gasteiger partial charge in [0.15, 0.2) is 15.8 Å². The molecule has 3 unspecified atom stereocenters. The van der Waals surface area contributed by atoms with Crippen LogP contribution in [0.5, 0.6) is 0 Å². The van der Waals surface area contributed by atoms with Crippen LogP contribution in [-0.2, 0) is 9.84 Å². The van der Waals surface area contributed by atoms with E-state index in [1.165, 1.54) is 25.7 Å². The van der Waals surface area contributed by atoms with Gasteiger partial charge in [-0.2, -0.15) is 0 Å². The summed E-state index contributed by atoms with van der Waals surface area (Å²) in [6.07, 6.45) is 7.13. The Hall–Kier alpha value is -0.780. The number of sulfone groups is 1. The van der Waals surface area contributed by atoms with Gasteiger partial charge in [0.1, 0.15) is 0 Å². The van der Waals surface area contributed by atoms with Crippen molar-refractivity contribution in [3.8, 4) is 0 Å². The van der Waals surface area contributed by atoms with Gasteiger partial charge in [-0.15, -0.1) is 0 Å². The Balaban J connectivity index is 1.69. The largest absolute Gasteiger partial charge is 0.354 e. The highest BCUT2D eigenvalue weighted by Crippen LogP contribution is 2.50. The van der Waals surface area contributed by atoms with Gasteiger partial charge in [0.25, 0.3) is 0 Å². The minimum atomic E-state index is -2.82. The minimum absolute atomic E-state index is 0.195. The van der Waals surface area contributed by atoms with Gasteiger partial charge in [-0.1, -0.05) is 20.3 Å². The SMILES string of the molecule is CCC(C)NC(=NCC1CCS(=O)(=O)C1)N1CCC(C)C2(CCC2)C1. The molecule has 5 nitrogen and oxygen atoms in total. The maximum absolute atomic E-state index is 11.7. The average molecular weight is 370 g/mol. The van der Waals surface area contributed by atoms with Crippen LogP contribution in [0.3, 0.4) is 0 Å². The number of nitrogens with zero attached hydrogens (tertiary/aromatic N) is 2. The second kappa shape index (κ2) is 7.45. The first kappa shape index (κ1) is 19.0. The fourth-order valence-electron chi connectivity index (χ4n) is 4.52. The summed E-state index contributed by atoms with van der Waals surface area (Å²) in [5.41, 5.74) is 0.493. The lowest BCUT2D eigenvalue weighted by Crippen LogP contribution is -2.57. The third-order valence-electron chi connectivity index (χ3n) is 6.85. The summed E-state index contributed by atoms with van der Waals surface area (Å²) in [4.78, 5) is 7.35. The van der Waals surface area contributed by atoms with Crippen LogP contribution in [0.25, 0.3) is 0 Å². The van der Waals surface area contributed by atoms with Crippen LogP contribution < -0.4 is 5.32 Å². The number of aliphatic imine (C=N–C) groups is 1. The predicted molar refractivity (Wildman–Crippen MR) is 104 cm³/mol. The monoisotopic (exact) mass is 369 g/mol. The Labute approximate surface area is 153 Å². The molecule has 2 aliphatic heterocycles. The molecule has 3 aliphatic rings. The van der Waals surface area contributed by atoms with Gasteiger partial charge in [0.05, 0.1) is 11.5 Å². The number of guanidine groups is 1. The molecule has 1 spiro atoms. The van der Waals surface area contributed by atoms with Crippen LogP contribution >= 0.6 is 0 Å². The van der Waals surface area contributed by atoms with Crippen molar-refractivity contribution in [3.05, 3.63) is 0 Å².